The molecule has 25 heavy (non-hydrogen) atoms. The maximum absolute atomic E-state index is 11.3. The van der Waals surface area contributed by atoms with E-state index < -0.39 is 0 Å². The van der Waals surface area contributed by atoms with Gasteiger partial charge in [-0.05, 0) is 50.7 Å². The molecule has 0 aliphatic heterocycles. The molecular formula is C20H34O5. The van der Waals surface area contributed by atoms with Gasteiger partial charge in [0.25, 0.3) is 0 Å². The van der Waals surface area contributed by atoms with Crippen LogP contribution in [-0.2, 0) is 23.8 Å². The van der Waals surface area contributed by atoms with E-state index in [4.69, 9.17) is 14.2 Å². The molecule has 144 valence electrons. The van der Waals surface area contributed by atoms with Crippen molar-refractivity contribution in [1.82, 2.24) is 0 Å². The third kappa shape index (κ3) is 15.9. The molecular weight excluding hydrogens is 320 g/mol. The number of allylic oxidation sites excluding steroid dienone is 2. The average Bonchev–Trinajstić information content (AvgIpc) is 2.57. The predicted molar refractivity (Wildman–Crippen MR) is 99.8 cm³/mol. The number of carbonyl (C=O) groups excluding carboxylic acids is 2. The number of hydrogen-bond acceptors (Lipinski definition) is 5. The summed E-state index contributed by atoms with van der Waals surface area (Å²) in [5.41, 5.74) is 1.24. The topological polar surface area (TPSA) is 61.8 Å². The fourth-order valence-corrected chi connectivity index (χ4v) is 1.95. The summed E-state index contributed by atoms with van der Waals surface area (Å²) >= 11 is 0. The molecule has 0 atom stereocenters. The van der Waals surface area contributed by atoms with Gasteiger partial charge in [0, 0.05) is 26.1 Å². The molecule has 0 unspecified atom stereocenters. The Hall–Kier alpha value is -1.30. The number of ether oxygens (including phenoxy) is 3. The molecule has 0 heterocycles. The van der Waals surface area contributed by atoms with E-state index >= 15 is 0 Å². The number of hydrogen-bond donors (Lipinski definition) is 0. The average molecular weight is 354 g/mol. The van der Waals surface area contributed by atoms with Gasteiger partial charge in [-0.2, -0.15) is 0 Å². The minimum absolute atomic E-state index is 0.130. The highest BCUT2D eigenvalue weighted by Crippen LogP contribution is 2.03. The van der Waals surface area contributed by atoms with Crippen molar-refractivity contribution in [2.75, 3.05) is 39.6 Å². The van der Waals surface area contributed by atoms with Gasteiger partial charge in [-0.1, -0.05) is 13.2 Å². The molecule has 0 rings (SSSR count). The van der Waals surface area contributed by atoms with Gasteiger partial charge < -0.3 is 14.2 Å². The summed E-state index contributed by atoms with van der Waals surface area (Å²) in [6.07, 6.45) is 4.50. The Balaban J connectivity index is 3.17. The summed E-state index contributed by atoms with van der Waals surface area (Å²) in [4.78, 5) is 22.7. The van der Waals surface area contributed by atoms with Crippen molar-refractivity contribution in [3.8, 4) is 0 Å². The first-order valence-corrected chi connectivity index (χ1v) is 9.05. The molecule has 0 aromatic rings. The van der Waals surface area contributed by atoms with Crippen LogP contribution in [0.4, 0.5) is 0 Å². The number of rotatable bonds is 18. The van der Waals surface area contributed by atoms with E-state index in [1.807, 2.05) is 0 Å². The first-order valence-electron chi connectivity index (χ1n) is 9.05. The van der Waals surface area contributed by atoms with E-state index in [-0.39, 0.29) is 11.6 Å². The van der Waals surface area contributed by atoms with Gasteiger partial charge in [0.1, 0.15) is 0 Å². The SMILES string of the molecule is C=C(C)C(=O)CCCCOCCOCCOCCCCC(=O)C(=C)C. The van der Waals surface area contributed by atoms with Crippen LogP contribution < -0.4 is 0 Å². The van der Waals surface area contributed by atoms with Gasteiger partial charge in [-0.3, -0.25) is 9.59 Å². The van der Waals surface area contributed by atoms with E-state index in [1.54, 1.807) is 13.8 Å². The summed E-state index contributed by atoms with van der Waals surface area (Å²) in [5.74, 6) is 0.261. The predicted octanol–water partition coefficient (Wildman–Crippen LogP) is 3.67. The second-order valence-electron chi connectivity index (χ2n) is 6.16. The van der Waals surface area contributed by atoms with Gasteiger partial charge in [0.05, 0.1) is 26.4 Å². The molecule has 5 heteroatoms. The molecule has 0 N–H and O–H groups in total. The lowest BCUT2D eigenvalue weighted by atomic mass is 10.1. The second kappa shape index (κ2) is 16.2. The number of Topliss-reactive ketones (excluding diaryl/α,β-unsaturated/α-hetero) is 2. The van der Waals surface area contributed by atoms with Crippen molar-refractivity contribution in [3.05, 3.63) is 24.3 Å². The van der Waals surface area contributed by atoms with Crippen molar-refractivity contribution in [3.63, 3.8) is 0 Å². The van der Waals surface area contributed by atoms with Crippen LogP contribution in [0.25, 0.3) is 0 Å². The van der Waals surface area contributed by atoms with E-state index in [1.165, 1.54) is 0 Å². The van der Waals surface area contributed by atoms with Crippen molar-refractivity contribution in [1.29, 1.82) is 0 Å². The van der Waals surface area contributed by atoms with E-state index in [0.29, 0.717) is 63.6 Å². The van der Waals surface area contributed by atoms with Crippen LogP contribution in [0.1, 0.15) is 52.4 Å². The van der Waals surface area contributed by atoms with Gasteiger partial charge in [-0.25, -0.2) is 0 Å². The Kier molecular flexibility index (Phi) is 15.3. The summed E-state index contributed by atoms with van der Waals surface area (Å²) in [6, 6.07) is 0. The van der Waals surface area contributed by atoms with E-state index in [0.717, 1.165) is 25.7 Å². The van der Waals surface area contributed by atoms with Crippen LogP contribution in [0.15, 0.2) is 24.3 Å². The Bertz CT molecular complexity index is 376. The van der Waals surface area contributed by atoms with Crippen LogP contribution in [-0.4, -0.2) is 51.2 Å². The lowest BCUT2D eigenvalue weighted by molar-refractivity contribution is -0.116. The molecule has 0 aliphatic rings. The van der Waals surface area contributed by atoms with Crippen molar-refractivity contribution >= 4 is 11.6 Å². The highest BCUT2D eigenvalue weighted by Gasteiger charge is 2.02. The van der Waals surface area contributed by atoms with Gasteiger partial charge in [0.15, 0.2) is 11.6 Å². The molecule has 0 bridgehead atoms. The van der Waals surface area contributed by atoms with Crippen LogP contribution in [0.3, 0.4) is 0 Å². The highest BCUT2D eigenvalue weighted by molar-refractivity contribution is 5.94. The van der Waals surface area contributed by atoms with Crippen molar-refractivity contribution in [2.24, 2.45) is 0 Å². The number of unbranched alkanes of at least 4 members (excludes halogenated alkanes) is 2. The minimum Gasteiger partial charge on any atom is -0.379 e. The summed E-state index contributed by atoms with van der Waals surface area (Å²) in [5, 5.41) is 0. The Labute approximate surface area is 152 Å². The lowest BCUT2D eigenvalue weighted by Gasteiger charge is -2.07. The van der Waals surface area contributed by atoms with Gasteiger partial charge in [-0.15, -0.1) is 0 Å². The monoisotopic (exact) mass is 354 g/mol. The molecule has 0 radical (unpaired) electrons. The fraction of sp³-hybridized carbons (Fsp3) is 0.700. The fourth-order valence-electron chi connectivity index (χ4n) is 1.95. The highest BCUT2D eigenvalue weighted by atomic mass is 16.5. The molecule has 0 amide bonds. The van der Waals surface area contributed by atoms with E-state index in [2.05, 4.69) is 13.2 Å². The smallest absolute Gasteiger partial charge is 0.157 e. The largest absolute Gasteiger partial charge is 0.379 e. The molecule has 0 aliphatic carbocycles. The molecule has 0 saturated carbocycles. The maximum Gasteiger partial charge on any atom is 0.157 e. The quantitative estimate of drug-likeness (QED) is 0.278. The van der Waals surface area contributed by atoms with E-state index in [9.17, 15) is 9.59 Å². The molecule has 5 nitrogen and oxygen atoms in total. The minimum atomic E-state index is 0.130. The standard InChI is InChI=1S/C20H34O5/c1-17(2)19(21)9-5-7-11-23-13-15-25-16-14-24-12-8-6-10-20(22)18(3)4/h1,3,5-16H2,2,4H3. The summed E-state index contributed by atoms with van der Waals surface area (Å²) in [7, 11) is 0. The Morgan fingerprint density at radius 2 is 0.920 bits per heavy atom. The second-order valence-corrected chi connectivity index (χ2v) is 6.16. The third-order valence-electron chi connectivity index (χ3n) is 3.58. The van der Waals surface area contributed by atoms with Gasteiger partial charge in [0.2, 0.25) is 0 Å². The summed E-state index contributed by atoms with van der Waals surface area (Å²) < 4.78 is 16.3. The van der Waals surface area contributed by atoms with Crippen molar-refractivity contribution in [2.45, 2.75) is 52.4 Å². The molecule has 0 spiro atoms. The van der Waals surface area contributed by atoms with Crippen LogP contribution in [0.5, 0.6) is 0 Å². The Morgan fingerprint density at radius 3 is 1.24 bits per heavy atom. The maximum atomic E-state index is 11.3. The lowest BCUT2D eigenvalue weighted by Crippen LogP contribution is -2.10. The Morgan fingerprint density at radius 1 is 0.600 bits per heavy atom. The third-order valence-corrected chi connectivity index (χ3v) is 3.58. The van der Waals surface area contributed by atoms with Gasteiger partial charge >= 0.3 is 0 Å². The zero-order valence-corrected chi connectivity index (χ0v) is 15.9. The normalized spacial score (nSPS) is 10.6. The zero-order valence-electron chi connectivity index (χ0n) is 15.9. The number of carbonyl (C=O) groups is 2. The molecule has 0 aromatic heterocycles. The van der Waals surface area contributed by atoms with Crippen molar-refractivity contribution < 1.29 is 23.8 Å². The zero-order chi connectivity index (χ0) is 18.9. The van der Waals surface area contributed by atoms with Crippen LogP contribution >= 0.6 is 0 Å². The molecule has 0 aromatic carbocycles. The summed E-state index contributed by atoms with van der Waals surface area (Å²) in [6.45, 7) is 14.2. The first-order chi connectivity index (χ1) is 11.9. The molecule has 0 fully saturated rings. The molecule has 0 saturated heterocycles. The van der Waals surface area contributed by atoms with Crippen LogP contribution in [0.2, 0.25) is 0 Å². The number of ketones is 2. The van der Waals surface area contributed by atoms with Crippen LogP contribution in [0, 0.1) is 0 Å². The first kappa shape index (κ1) is 23.7.